The van der Waals surface area contributed by atoms with Crippen LogP contribution in [0.5, 0.6) is 5.75 Å². The van der Waals surface area contributed by atoms with E-state index in [0.29, 0.717) is 5.92 Å². The maximum Gasteiger partial charge on any atom is 0.145 e. The summed E-state index contributed by atoms with van der Waals surface area (Å²) in [5.74, 6) is 1.17. The Morgan fingerprint density at radius 1 is 1.29 bits per heavy atom. The maximum absolute atomic E-state index is 10.8. The first kappa shape index (κ1) is 13.5. The second-order valence-electron chi connectivity index (χ2n) is 4.00. The van der Waals surface area contributed by atoms with E-state index in [4.69, 9.17) is 4.74 Å². The zero-order valence-electron chi connectivity index (χ0n) is 10.8. The number of hydrogen-bond donors (Lipinski definition) is 0. The number of hydrogen-bond acceptors (Lipinski definition) is 2. The van der Waals surface area contributed by atoms with Gasteiger partial charge in [-0.25, -0.2) is 0 Å². The summed E-state index contributed by atoms with van der Waals surface area (Å²) in [6.07, 6.45) is 4.79. The molecule has 0 aliphatic heterocycles. The molecule has 0 aliphatic carbocycles. The predicted octanol–water partition coefficient (Wildman–Crippen LogP) is 3.72. The zero-order chi connectivity index (χ0) is 12.7. The molecule has 0 fully saturated rings. The van der Waals surface area contributed by atoms with Crippen molar-refractivity contribution in [2.75, 3.05) is 7.11 Å². The number of benzene rings is 1. The number of carbonyl (C=O) groups excluding carboxylic acids is 1. The van der Waals surface area contributed by atoms with Crippen molar-refractivity contribution in [2.45, 2.75) is 32.6 Å². The molecule has 2 heteroatoms. The number of rotatable bonds is 6. The summed E-state index contributed by atoms with van der Waals surface area (Å²) in [6.45, 7) is 4.13. The lowest BCUT2D eigenvalue weighted by Crippen LogP contribution is -1.96. The third kappa shape index (κ3) is 3.74. The number of allylic oxidation sites excluding steroid dienone is 2. The van der Waals surface area contributed by atoms with Crippen LogP contribution in [0.15, 0.2) is 35.9 Å². The Kier molecular flexibility index (Phi) is 5.47. The fourth-order valence-electron chi connectivity index (χ4n) is 1.80. The van der Waals surface area contributed by atoms with E-state index >= 15 is 0 Å². The van der Waals surface area contributed by atoms with E-state index in [-0.39, 0.29) is 0 Å². The molecule has 1 unspecified atom stereocenters. The van der Waals surface area contributed by atoms with Gasteiger partial charge in [0.25, 0.3) is 0 Å². The monoisotopic (exact) mass is 232 g/mol. The molecule has 92 valence electrons. The first-order chi connectivity index (χ1) is 8.24. The van der Waals surface area contributed by atoms with Crippen molar-refractivity contribution in [2.24, 2.45) is 0 Å². The number of methoxy groups -OCH3 is 1. The van der Waals surface area contributed by atoms with E-state index in [1.54, 1.807) is 7.11 Å². The zero-order valence-corrected chi connectivity index (χ0v) is 10.8. The number of carbonyl (C=O) groups is 1. The van der Waals surface area contributed by atoms with Crippen LogP contribution in [-0.4, -0.2) is 13.4 Å². The Balaban J connectivity index is 2.92. The molecule has 0 aliphatic rings. The molecule has 0 heterocycles. The van der Waals surface area contributed by atoms with Gasteiger partial charge < -0.3 is 4.74 Å². The second-order valence-corrected chi connectivity index (χ2v) is 4.00. The number of aldehydes is 1. The maximum atomic E-state index is 10.8. The van der Waals surface area contributed by atoms with Crippen LogP contribution in [-0.2, 0) is 4.79 Å². The summed E-state index contributed by atoms with van der Waals surface area (Å²) in [7, 11) is 1.66. The molecule has 1 atom stereocenters. The molecule has 0 amide bonds. The Morgan fingerprint density at radius 2 is 1.94 bits per heavy atom. The van der Waals surface area contributed by atoms with Crippen LogP contribution in [0.2, 0.25) is 0 Å². The highest BCUT2D eigenvalue weighted by Crippen LogP contribution is 2.24. The Morgan fingerprint density at radius 3 is 2.35 bits per heavy atom. The van der Waals surface area contributed by atoms with Crippen LogP contribution in [0.25, 0.3) is 0 Å². The highest BCUT2D eigenvalue weighted by Gasteiger charge is 2.07. The summed E-state index contributed by atoms with van der Waals surface area (Å²) in [5, 5.41) is 0. The minimum absolute atomic E-state index is 0.307. The summed E-state index contributed by atoms with van der Waals surface area (Å²) in [4.78, 5) is 10.8. The molecule has 2 nitrogen and oxygen atoms in total. The molecule has 1 aromatic carbocycles. The molecule has 1 rings (SSSR count). The van der Waals surface area contributed by atoms with Crippen LogP contribution in [0.3, 0.4) is 0 Å². The van der Waals surface area contributed by atoms with Crippen LogP contribution in [0.1, 0.15) is 38.2 Å². The second kappa shape index (κ2) is 6.89. The lowest BCUT2D eigenvalue weighted by atomic mass is 9.93. The van der Waals surface area contributed by atoms with Crippen molar-refractivity contribution in [1.29, 1.82) is 0 Å². The van der Waals surface area contributed by atoms with Crippen LogP contribution >= 0.6 is 0 Å². The molecular formula is C15H20O2. The molecular weight excluding hydrogens is 212 g/mol. The normalized spacial score (nSPS) is 13.2. The quantitative estimate of drug-likeness (QED) is 0.552. The first-order valence-corrected chi connectivity index (χ1v) is 6.04. The Labute approximate surface area is 103 Å². The fraction of sp³-hybridized carbons (Fsp3) is 0.400. The lowest BCUT2D eigenvalue weighted by Gasteiger charge is -2.12. The van der Waals surface area contributed by atoms with Gasteiger partial charge >= 0.3 is 0 Å². The van der Waals surface area contributed by atoms with E-state index in [9.17, 15) is 4.79 Å². The summed E-state index contributed by atoms with van der Waals surface area (Å²) < 4.78 is 5.13. The van der Waals surface area contributed by atoms with Gasteiger partial charge in [0.1, 0.15) is 12.0 Å². The van der Waals surface area contributed by atoms with Crippen molar-refractivity contribution in [3.05, 3.63) is 41.5 Å². The average molecular weight is 232 g/mol. The Hall–Kier alpha value is -1.57. The van der Waals surface area contributed by atoms with Crippen molar-refractivity contribution >= 4 is 6.29 Å². The lowest BCUT2D eigenvalue weighted by molar-refractivity contribution is -0.105. The minimum atomic E-state index is 0.307. The molecule has 0 bridgehead atoms. The summed E-state index contributed by atoms with van der Waals surface area (Å²) in [5.41, 5.74) is 2.09. The third-order valence-electron chi connectivity index (χ3n) is 2.96. The molecule has 0 N–H and O–H groups in total. The third-order valence-corrected chi connectivity index (χ3v) is 2.96. The van der Waals surface area contributed by atoms with Crippen molar-refractivity contribution in [3.8, 4) is 5.75 Å². The van der Waals surface area contributed by atoms with Crippen LogP contribution < -0.4 is 4.74 Å². The van der Waals surface area contributed by atoms with E-state index in [0.717, 1.165) is 30.5 Å². The van der Waals surface area contributed by atoms with Crippen LogP contribution in [0, 0.1) is 0 Å². The van der Waals surface area contributed by atoms with Crippen molar-refractivity contribution in [3.63, 3.8) is 0 Å². The van der Waals surface area contributed by atoms with Crippen molar-refractivity contribution < 1.29 is 9.53 Å². The largest absolute Gasteiger partial charge is 0.497 e. The van der Waals surface area contributed by atoms with Gasteiger partial charge in [0.15, 0.2) is 0 Å². The van der Waals surface area contributed by atoms with Gasteiger partial charge in [0.2, 0.25) is 0 Å². The van der Waals surface area contributed by atoms with Gasteiger partial charge in [0.05, 0.1) is 7.11 Å². The van der Waals surface area contributed by atoms with E-state index in [1.165, 1.54) is 5.56 Å². The topological polar surface area (TPSA) is 26.3 Å². The minimum Gasteiger partial charge on any atom is -0.497 e. The predicted molar refractivity (Wildman–Crippen MR) is 70.5 cm³/mol. The van der Waals surface area contributed by atoms with Gasteiger partial charge in [0, 0.05) is 5.92 Å². The first-order valence-electron chi connectivity index (χ1n) is 6.04. The van der Waals surface area contributed by atoms with E-state index in [2.05, 4.69) is 25.1 Å². The van der Waals surface area contributed by atoms with Gasteiger partial charge in [-0.3, -0.25) is 4.79 Å². The van der Waals surface area contributed by atoms with E-state index < -0.39 is 0 Å². The number of ether oxygens (including phenoxy) is 1. The average Bonchev–Trinajstić information content (AvgIpc) is 2.40. The fourth-order valence-corrected chi connectivity index (χ4v) is 1.80. The van der Waals surface area contributed by atoms with Crippen LogP contribution in [0.4, 0.5) is 0 Å². The molecule has 0 spiro atoms. The Bertz CT molecular complexity index is 376. The molecule has 17 heavy (non-hydrogen) atoms. The smallest absolute Gasteiger partial charge is 0.145 e. The highest BCUT2D eigenvalue weighted by molar-refractivity contribution is 5.73. The highest BCUT2D eigenvalue weighted by atomic mass is 16.5. The van der Waals surface area contributed by atoms with Gasteiger partial charge in [-0.2, -0.15) is 0 Å². The molecule has 1 aromatic rings. The summed E-state index contributed by atoms with van der Waals surface area (Å²) in [6, 6.07) is 8.03. The molecule has 0 aromatic heterocycles. The molecule has 0 radical (unpaired) electrons. The van der Waals surface area contributed by atoms with E-state index in [1.807, 2.05) is 19.1 Å². The van der Waals surface area contributed by atoms with Gasteiger partial charge in [-0.1, -0.05) is 32.1 Å². The SMILES string of the molecule is CC/C(C=O)=C\C(CC)c1ccc(OC)cc1. The standard InChI is InChI=1S/C15H20O2/c1-4-12(11-16)10-13(5-2)14-6-8-15(17-3)9-7-14/h6-11,13H,4-5H2,1-3H3/b12-10+. The van der Waals surface area contributed by atoms with Crippen molar-refractivity contribution in [1.82, 2.24) is 0 Å². The van der Waals surface area contributed by atoms with Gasteiger partial charge in [-0.15, -0.1) is 0 Å². The molecule has 0 saturated heterocycles. The summed E-state index contributed by atoms with van der Waals surface area (Å²) >= 11 is 0. The van der Waals surface area contributed by atoms with Gasteiger partial charge in [-0.05, 0) is 36.1 Å². The molecule has 0 saturated carbocycles.